The molecule has 0 spiro atoms. The van der Waals surface area contributed by atoms with Crippen LogP contribution in [0.25, 0.3) is 0 Å². The summed E-state index contributed by atoms with van der Waals surface area (Å²) in [5.41, 5.74) is 1.84. The van der Waals surface area contributed by atoms with Crippen molar-refractivity contribution in [3.63, 3.8) is 0 Å². The molecular weight excluding hydrogens is 371 g/mol. The number of likely N-dealkylation sites (tertiary alicyclic amines) is 1. The summed E-state index contributed by atoms with van der Waals surface area (Å²) < 4.78 is 0. The van der Waals surface area contributed by atoms with E-state index in [1.807, 2.05) is 30.3 Å². The molecule has 0 aliphatic carbocycles. The standard InChI is InChI=1S/C20H20Cl2N2O2/c1-23(12-14-5-3-2-4-6-14)20(26)18-9-10-19(25)24(18)13-15-7-8-16(21)11-17(15)22/h2-8,11,18H,9-10,12-13H2,1H3/t18-/m0/s1. The summed E-state index contributed by atoms with van der Waals surface area (Å²) in [7, 11) is 1.77. The second-order valence-electron chi connectivity index (χ2n) is 6.49. The number of halogens is 2. The topological polar surface area (TPSA) is 40.6 Å². The van der Waals surface area contributed by atoms with Crippen LogP contribution in [0.4, 0.5) is 0 Å². The lowest BCUT2D eigenvalue weighted by Crippen LogP contribution is -2.44. The molecule has 0 N–H and O–H groups in total. The van der Waals surface area contributed by atoms with Gasteiger partial charge in [0.05, 0.1) is 0 Å². The molecule has 2 aromatic carbocycles. The molecular formula is C20H20Cl2N2O2. The van der Waals surface area contributed by atoms with Crippen molar-refractivity contribution < 1.29 is 9.59 Å². The lowest BCUT2D eigenvalue weighted by atomic mass is 10.1. The zero-order valence-electron chi connectivity index (χ0n) is 14.5. The molecule has 4 nitrogen and oxygen atoms in total. The molecule has 26 heavy (non-hydrogen) atoms. The second kappa shape index (κ2) is 8.11. The van der Waals surface area contributed by atoms with Gasteiger partial charge in [0.2, 0.25) is 11.8 Å². The molecule has 0 aromatic heterocycles. The minimum atomic E-state index is -0.456. The highest BCUT2D eigenvalue weighted by Gasteiger charge is 2.37. The van der Waals surface area contributed by atoms with Crippen LogP contribution < -0.4 is 0 Å². The predicted octanol–water partition coefficient (Wildman–Crippen LogP) is 4.14. The summed E-state index contributed by atoms with van der Waals surface area (Å²) in [5.74, 6) is -0.0766. The first-order chi connectivity index (χ1) is 12.5. The Bertz CT molecular complexity index is 811. The summed E-state index contributed by atoms with van der Waals surface area (Å²) in [6.45, 7) is 0.824. The van der Waals surface area contributed by atoms with E-state index in [0.717, 1.165) is 11.1 Å². The van der Waals surface area contributed by atoms with Crippen molar-refractivity contribution in [3.05, 3.63) is 69.7 Å². The molecule has 1 saturated heterocycles. The SMILES string of the molecule is CN(Cc1ccccc1)C(=O)[C@@H]1CCC(=O)N1Cc1ccc(Cl)cc1Cl. The first kappa shape index (κ1) is 18.7. The van der Waals surface area contributed by atoms with E-state index in [-0.39, 0.29) is 11.8 Å². The Labute approximate surface area is 163 Å². The Morgan fingerprint density at radius 3 is 2.62 bits per heavy atom. The quantitative estimate of drug-likeness (QED) is 0.769. The van der Waals surface area contributed by atoms with Crippen molar-refractivity contribution in [2.75, 3.05) is 7.05 Å². The normalized spacial score (nSPS) is 16.8. The third-order valence-electron chi connectivity index (χ3n) is 4.61. The zero-order valence-corrected chi connectivity index (χ0v) is 16.0. The Morgan fingerprint density at radius 1 is 1.19 bits per heavy atom. The van der Waals surface area contributed by atoms with Crippen LogP contribution in [0.1, 0.15) is 24.0 Å². The molecule has 1 aliphatic rings. The van der Waals surface area contributed by atoms with E-state index in [1.165, 1.54) is 0 Å². The van der Waals surface area contributed by atoms with Crippen molar-refractivity contribution in [1.82, 2.24) is 9.80 Å². The highest BCUT2D eigenvalue weighted by atomic mass is 35.5. The molecule has 0 saturated carbocycles. The van der Waals surface area contributed by atoms with Crippen molar-refractivity contribution in [3.8, 4) is 0 Å². The van der Waals surface area contributed by atoms with Gasteiger partial charge in [0.15, 0.2) is 0 Å². The summed E-state index contributed by atoms with van der Waals surface area (Å²) in [4.78, 5) is 28.6. The van der Waals surface area contributed by atoms with Crippen LogP contribution in [0, 0.1) is 0 Å². The van der Waals surface area contributed by atoms with Crippen molar-refractivity contribution in [1.29, 1.82) is 0 Å². The summed E-state index contributed by atoms with van der Waals surface area (Å²) in [6.07, 6.45) is 0.906. The summed E-state index contributed by atoms with van der Waals surface area (Å²) in [6, 6.07) is 14.5. The van der Waals surface area contributed by atoms with Crippen LogP contribution in [-0.4, -0.2) is 34.7 Å². The van der Waals surface area contributed by atoms with E-state index >= 15 is 0 Å². The van der Waals surface area contributed by atoms with E-state index in [1.54, 1.807) is 35.0 Å². The van der Waals surface area contributed by atoms with Gasteiger partial charge in [-0.25, -0.2) is 0 Å². The molecule has 136 valence electrons. The molecule has 0 unspecified atom stereocenters. The smallest absolute Gasteiger partial charge is 0.245 e. The number of likely N-dealkylation sites (N-methyl/N-ethyl adjacent to an activating group) is 1. The molecule has 1 aliphatic heterocycles. The van der Waals surface area contributed by atoms with Gasteiger partial charge in [-0.3, -0.25) is 9.59 Å². The van der Waals surface area contributed by atoms with Gasteiger partial charge in [-0.1, -0.05) is 59.6 Å². The predicted molar refractivity (Wildman–Crippen MR) is 103 cm³/mol. The molecule has 2 aromatic rings. The minimum absolute atomic E-state index is 0.0255. The molecule has 0 radical (unpaired) electrons. The average molecular weight is 391 g/mol. The maximum atomic E-state index is 12.9. The van der Waals surface area contributed by atoms with E-state index < -0.39 is 6.04 Å². The number of benzene rings is 2. The molecule has 0 bridgehead atoms. The number of carbonyl (C=O) groups excluding carboxylic acids is 2. The Hall–Kier alpha value is -2.04. The fraction of sp³-hybridized carbons (Fsp3) is 0.300. The van der Waals surface area contributed by atoms with Crippen LogP contribution in [0.15, 0.2) is 48.5 Å². The van der Waals surface area contributed by atoms with Crippen LogP contribution in [0.2, 0.25) is 10.0 Å². The number of carbonyl (C=O) groups is 2. The van der Waals surface area contributed by atoms with Crippen molar-refractivity contribution in [2.45, 2.75) is 32.0 Å². The largest absolute Gasteiger partial charge is 0.340 e. The van der Waals surface area contributed by atoms with Gasteiger partial charge in [0, 0.05) is 36.6 Å². The van der Waals surface area contributed by atoms with Crippen LogP contribution >= 0.6 is 23.2 Å². The van der Waals surface area contributed by atoms with Gasteiger partial charge in [0.25, 0.3) is 0 Å². The fourth-order valence-electron chi connectivity index (χ4n) is 3.21. The van der Waals surface area contributed by atoms with E-state index in [2.05, 4.69) is 0 Å². The third kappa shape index (κ3) is 4.19. The highest BCUT2D eigenvalue weighted by Crippen LogP contribution is 2.27. The maximum Gasteiger partial charge on any atom is 0.245 e. The van der Waals surface area contributed by atoms with Crippen LogP contribution in [0.5, 0.6) is 0 Å². The van der Waals surface area contributed by atoms with Gasteiger partial charge < -0.3 is 9.80 Å². The van der Waals surface area contributed by atoms with E-state index in [4.69, 9.17) is 23.2 Å². The average Bonchev–Trinajstić information content (AvgIpc) is 2.98. The van der Waals surface area contributed by atoms with E-state index in [0.29, 0.717) is 36.0 Å². The van der Waals surface area contributed by atoms with Gasteiger partial charge in [-0.05, 0) is 29.7 Å². The van der Waals surface area contributed by atoms with Gasteiger partial charge >= 0.3 is 0 Å². The Morgan fingerprint density at radius 2 is 1.92 bits per heavy atom. The maximum absolute atomic E-state index is 12.9. The van der Waals surface area contributed by atoms with Gasteiger partial charge in [0.1, 0.15) is 6.04 Å². The molecule has 1 fully saturated rings. The fourth-order valence-corrected chi connectivity index (χ4v) is 3.68. The Balaban J connectivity index is 1.73. The molecule has 6 heteroatoms. The first-order valence-corrected chi connectivity index (χ1v) is 9.23. The lowest BCUT2D eigenvalue weighted by molar-refractivity contribution is -0.141. The number of nitrogens with zero attached hydrogens (tertiary/aromatic N) is 2. The highest BCUT2D eigenvalue weighted by molar-refractivity contribution is 6.35. The molecule has 1 heterocycles. The molecule has 3 rings (SSSR count). The van der Waals surface area contributed by atoms with Crippen LogP contribution in [0.3, 0.4) is 0 Å². The third-order valence-corrected chi connectivity index (χ3v) is 5.19. The summed E-state index contributed by atoms with van der Waals surface area (Å²) >= 11 is 12.2. The number of hydrogen-bond donors (Lipinski definition) is 0. The minimum Gasteiger partial charge on any atom is -0.340 e. The van der Waals surface area contributed by atoms with Crippen molar-refractivity contribution in [2.24, 2.45) is 0 Å². The lowest BCUT2D eigenvalue weighted by Gasteiger charge is -2.28. The van der Waals surface area contributed by atoms with Crippen LogP contribution in [-0.2, 0) is 22.7 Å². The Kier molecular flexibility index (Phi) is 5.84. The number of rotatable bonds is 5. The van der Waals surface area contributed by atoms with Gasteiger partial charge in [-0.15, -0.1) is 0 Å². The number of hydrogen-bond acceptors (Lipinski definition) is 2. The van der Waals surface area contributed by atoms with Crippen molar-refractivity contribution >= 4 is 35.0 Å². The van der Waals surface area contributed by atoms with Gasteiger partial charge in [-0.2, -0.15) is 0 Å². The molecule has 2 amide bonds. The zero-order chi connectivity index (χ0) is 18.7. The number of amides is 2. The van der Waals surface area contributed by atoms with E-state index in [9.17, 15) is 9.59 Å². The molecule has 1 atom stereocenters. The monoisotopic (exact) mass is 390 g/mol. The first-order valence-electron chi connectivity index (χ1n) is 8.48. The summed E-state index contributed by atoms with van der Waals surface area (Å²) in [5, 5.41) is 1.04. The second-order valence-corrected chi connectivity index (χ2v) is 7.34.